The summed E-state index contributed by atoms with van der Waals surface area (Å²) in [6, 6.07) is -0.682. The van der Waals surface area contributed by atoms with Crippen LogP contribution >= 0.6 is 0 Å². The van der Waals surface area contributed by atoms with Crippen LogP contribution in [0.3, 0.4) is 0 Å². The number of halogens is 1. The van der Waals surface area contributed by atoms with E-state index < -0.39 is 12.1 Å². The maximum Gasteiger partial charge on any atom is 0.315 e. The van der Waals surface area contributed by atoms with Crippen LogP contribution in [0.5, 0.6) is 0 Å². The third-order valence-corrected chi connectivity index (χ3v) is 4.16. The molecule has 2 aliphatic rings. The molecule has 6 heteroatoms. The van der Waals surface area contributed by atoms with E-state index in [2.05, 4.69) is 10.6 Å². The number of urea groups is 1. The zero-order valence-corrected chi connectivity index (χ0v) is 10.9. The molecule has 2 atom stereocenters. The minimum atomic E-state index is -0.937. The third-order valence-electron chi connectivity index (χ3n) is 4.16. The second-order valence-electron chi connectivity index (χ2n) is 5.56. The van der Waals surface area contributed by atoms with Gasteiger partial charge in [0.1, 0.15) is 6.17 Å². The molecule has 108 valence electrons. The molecule has 2 fully saturated rings. The third kappa shape index (κ3) is 3.81. The van der Waals surface area contributed by atoms with Crippen molar-refractivity contribution in [3.8, 4) is 0 Å². The van der Waals surface area contributed by atoms with Gasteiger partial charge in [0, 0.05) is 6.04 Å². The van der Waals surface area contributed by atoms with E-state index in [-0.39, 0.29) is 24.0 Å². The van der Waals surface area contributed by atoms with Gasteiger partial charge < -0.3 is 15.7 Å². The van der Waals surface area contributed by atoms with Crippen LogP contribution in [0.25, 0.3) is 0 Å². The van der Waals surface area contributed by atoms with Gasteiger partial charge in [-0.25, -0.2) is 9.18 Å². The Kier molecular flexibility index (Phi) is 4.61. The highest BCUT2D eigenvalue weighted by Gasteiger charge is 2.30. The van der Waals surface area contributed by atoms with Gasteiger partial charge in [0.15, 0.2) is 0 Å². The maximum absolute atomic E-state index is 13.4. The van der Waals surface area contributed by atoms with E-state index in [4.69, 9.17) is 5.11 Å². The number of amides is 2. The molecular formula is C13H21FN2O3. The first kappa shape index (κ1) is 14.1. The number of rotatable bonds is 3. The fourth-order valence-corrected chi connectivity index (χ4v) is 2.96. The van der Waals surface area contributed by atoms with Crippen LogP contribution < -0.4 is 10.6 Å². The first-order chi connectivity index (χ1) is 9.06. The molecule has 2 rings (SSSR count). The van der Waals surface area contributed by atoms with Crippen molar-refractivity contribution >= 4 is 12.0 Å². The van der Waals surface area contributed by atoms with Gasteiger partial charge in [0.05, 0.1) is 12.0 Å². The fraction of sp³-hybridized carbons (Fsp3) is 0.846. The van der Waals surface area contributed by atoms with Gasteiger partial charge >= 0.3 is 12.0 Å². The summed E-state index contributed by atoms with van der Waals surface area (Å²) in [6.45, 7) is 0. The highest BCUT2D eigenvalue weighted by atomic mass is 19.1. The Hall–Kier alpha value is -1.33. The quantitative estimate of drug-likeness (QED) is 0.733. The predicted molar refractivity (Wildman–Crippen MR) is 67.6 cm³/mol. The van der Waals surface area contributed by atoms with Gasteiger partial charge in [0.25, 0.3) is 0 Å². The number of hydrogen-bond donors (Lipinski definition) is 3. The van der Waals surface area contributed by atoms with Crippen molar-refractivity contribution < 1.29 is 19.1 Å². The summed E-state index contributed by atoms with van der Waals surface area (Å²) >= 11 is 0. The molecular weight excluding hydrogens is 251 g/mol. The molecule has 2 amide bonds. The first-order valence-corrected chi connectivity index (χ1v) is 7.00. The number of hydrogen-bond acceptors (Lipinski definition) is 2. The normalized spacial score (nSPS) is 34.8. The molecule has 5 nitrogen and oxygen atoms in total. The molecule has 0 aromatic carbocycles. The lowest BCUT2D eigenvalue weighted by Crippen LogP contribution is -2.48. The molecule has 0 aliphatic heterocycles. The van der Waals surface area contributed by atoms with Gasteiger partial charge in [-0.05, 0) is 44.9 Å². The van der Waals surface area contributed by atoms with Gasteiger partial charge in [0.2, 0.25) is 0 Å². The molecule has 2 saturated carbocycles. The monoisotopic (exact) mass is 272 g/mol. The standard InChI is InChI=1S/C13H21FN2O3/c14-10-2-1-3-11(10)16-13(19)15-9-6-4-8(5-7-9)12(17)18/h8-11H,1-7H2,(H,17,18)(H2,15,16,19)/t8?,9?,10-,11+/m0/s1. The Morgan fingerprint density at radius 1 is 1.00 bits per heavy atom. The highest BCUT2D eigenvalue weighted by Crippen LogP contribution is 2.25. The summed E-state index contributed by atoms with van der Waals surface area (Å²) in [5.74, 6) is -1.04. The Morgan fingerprint density at radius 2 is 1.68 bits per heavy atom. The largest absolute Gasteiger partial charge is 0.481 e. The predicted octanol–water partition coefficient (Wildman–Crippen LogP) is 1.82. The van der Waals surface area contributed by atoms with Crippen LogP contribution in [0.4, 0.5) is 9.18 Å². The van der Waals surface area contributed by atoms with Crippen LogP contribution in [0.2, 0.25) is 0 Å². The van der Waals surface area contributed by atoms with Crippen LogP contribution in [-0.4, -0.2) is 35.4 Å². The summed E-state index contributed by atoms with van der Waals surface area (Å²) < 4.78 is 13.4. The lowest BCUT2D eigenvalue weighted by atomic mass is 9.86. The lowest BCUT2D eigenvalue weighted by Gasteiger charge is -2.27. The second-order valence-corrected chi connectivity index (χ2v) is 5.56. The molecule has 2 aliphatic carbocycles. The second kappa shape index (κ2) is 6.21. The average molecular weight is 272 g/mol. The molecule has 0 unspecified atom stereocenters. The van der Waals surface area contributed by atoms with Gasteiger partial charge in [-0.1, -0.05) is 0 Å². The molecule has 0 aromatic heterocycles. The first-order valence-electron chi connectivity index (χ1n) is 7.00. The zero-order chi connectivity index (χ0) is 13.8. The van der Waals surface area contributed by atoms with E-state index in [1.807, 2.05) is 0 Å². The Bertz CT molecular complexity index is 343. The molecule has 0 bridgehead atoms. The molecule has 0 heterocycles. The number of carboxylic acids is 1. The van der Waals surface area contributed by atoms with E-state index >= 15 is 0 Å². The van der Waals surface area contributed by atoms with Crippen molar-refractivity contribution in [3.05, 3.63) is 0 Å². The van der Waals surface area contributed by atoms with E-state index in [9.17, 15) is 14.0 Å². The topological polar surface area (TPSA) is 78.4 Å². The summed E-state index contributed by atoms with van der Waals surface area (Å²) in [5, 5.41) is 14.4. The van der Waals surface area contributed by atoms with Crippen LogP contribution in [0, 0.1) is 5.92 Å². The van der Waals surface area contributed by atoms with Crippen LogP contribution in [-0.2, 0) is 4.79 Å². The number of carbonyl (C=O) groups excluding carboxylic acids is 1. The molecule has 3 N–H and O–H groups in total. The van der Waals surface area contributed by atoms with E-state index in [1.54, 1.807) is 0 Å². The molecule has 19 heavy (non-hydrogen) atoms. The number of aliphatic carboxylic acids is 1. The fourth-order valence-electron chi connectivity index (χ4n) is 2.96. The van der Waals surface area contributed by atoms with E-state index in [0.717, 1.165) is 6.42 Å². The van der Waals surface area contributed by atoms with Crippen molar-refractivity contribution in [2.45, 2.75) is 63.2 Å². The van der Waals surface area contributed by atoms with Crippen molar-refractivity contribution in [2.75, 3.05) is 0 Å². The summed E-state index contributed by atoms with van der Waals surface area (Å²) in [7, 11) is 0. The Morgan fingerprint density at radius 3 is 2.21 bits per heavy atom. The minimum absolute atomic E-state index is 0.00932. The average Bonchev–Trinajstić information content (AvgIpc) is 2.75. The van der Waals surface area contributed by atoms with Crippen molar-refractivity contribution in [2.24, 2.45) is 5.92 Å². The Labute approximate surface area is 111 Å². The SMILES string of the molecule is O=C(NC1CCC(C(=O)O)CC1)N[C@@H]1CCC[C@@H]1F. The van der Waals surface area contributed by atoms with Crippen molar-refractivity contribution in [1.82, 2.24) is 10.6 Å². The zero-order valence-electron chi connectivity index (χ0n) is 10.9. The van der Waals surface area contributed by atoms with Crippen LogP contribution in [0.1, 0.15) is 44.9 Å². The molecule has 0 aromatic rings. The van der Waals surface area contributed by atoms with Gasteiger partial charge in [-0.2, -0.15) is 0 Å². The molecule has 0 saturated heterocycles. The minimum Gasteiger partial charge on any atom is -0.481 e. The van der Waals surface area contributed by atoms with Gasteiger partial charge in [-0.15, -0.1) is 0 Å². The molecule has 0 radical (unpaired) electrons. The van der Waals surface area contributed by atoms with Crippen LogP contribution in [0.15, 0.2) is 0 Å². The smallest absolute Gasteiger partial charge is 0.315 e. The summed E-state index contributed by atoms with van der Waals surface area (Å²) in [4.78, 5) is 22.5. The molecule has 0 spiro atoms. The lowest BCUT2D eigenvalue weighted by molar-refractivity contribution is -0.142. The van der Waals surface area contributed by atoms with Crippen molar-refractivity contribution in [3.63, 3.8) is 0 Å². The van der Waals surface area contributed by atoms with E-state index in [1.165, 1.54) is 0 Å². The number of alkyl halides is 1. The maximum atomic E-state index is 13.4. The Balaban J connectivity index is 1.70. The number of carbonyl (C=O) groups is 2. The van der Waals surface area contributed by atoms with Gasteiger partial charge in [-0.3, -0.25) is 4.79 Å². The highest BCUT2D eigenvalue weighted by molar-refractivity contribution is 5.75. The number of nitrogens with one attached hydrogen (secondary N) is 2. The summed E-state index contributed by atoms with van der Waals surface area (Å²) in [6.07, 6.45) is 3.63. The van der Waals surface area contributed by atoms with Crippen molar-refractivity contribution in [1.29, 1.82) is 0 Å². The van der Waals surface area contributed by atoms with E-state index in [0.29, 0.717) is 38.5 Å². The summed E-state index contributed by atoms with van der Waals surface area (Å²) in [5.41, 5.74) is 0. The number of carboxylic acid groups (broad SMARTS) is 1.